The molecule has 1 saturated heterocycles. The fourth-order valence-corrected chi connectivity index (χ4v) is 5.04. The van der Waals surface area contributed by atoms with Gasteiger partial charge in [0.25, 0.3) is 0 Å². The number of hydrogen-bond donors (Lipinski definition) is 0. The fraction of sp³-hybridized carbons (Fsp3) is 0.577. The van der Waals surface area contributed by atoms with Crippen LogP contribution in [-0.4, -0.2) is 56.8 Å². The predicted molar refractivity (Wildman–Crippen MR) is 132 cm³/mol. The molecule has 2 aromatic rings. The third-order valence-corrected chi connectivity index (χ3v) is 7.06. The first-order valence-corrected chi connectivity index (χ1v) is 12.9. The number of fused-ring (bicyclic) bond motifs is 1. The van der Waals surface area contributed by atoms with E-state index in [4.69, 9.17) is 16.3 Å². The number of amides is 2. The van der Waals surface area contributed by atoms with Gasteiger partial charge in [-0.3, -0.25) is 9.48 Å². The summed E-state index contributed by atoms with van der Waals surface area (Å²) in [6.07, 6.45) is -3.52. The first-order valence-electron chi connectivity index (χ1n) is 12.6. The van der Waals surface area contributed by atoms with E-state index in [1.54, 1.807) is 30.6 Å². The number of aromatic nitrogens is 2. The zero-order valence-corrected chi connectivity index (χ0v) is 22.3. The summed E-state index contributed by atoms with van der Waals surface area (Å²) in [6.45, 7) is 6.25. The molecule has 0 saturated carbocycles. The molecule has 1 aromatic carbocycles. The molecule has 1 aromatic heterocycles. The van der Waals surface area contributed by atoms with Crippen molar-refractivity contribution in [2.45, 2.75) is 71.3 Å². The van der Waals surface area contributed by atoms with Crippen LogP contribution in [0.25, 0.3) is 0 Å². The quantitative estimate of drug-likeness (QED) is 0.454. The molecule has 0 N–H and O–H groups in total. The van der Waals surface area contributed by atoms with Crippen LogP contribution in [-0.2, 0) is 35.2 Å². The zero-order valence-electron chi connectivity index (χ0n) is 21.6. The van der Waals surface area contributed by atoms with Gasteiger partial charge >= 0.3 is 12.3 Å². The SMILES string of the molecule is CC(C)(C)OC(=O)N1CCC(CC(=O)N2CCc3c(C(F)(F)F)nn(Cc4ccc(Cl)cc4F)c3C2)CC1. The summed E-state index contributed by atoms with van der Waals surface area (Å²) < 4.78 is 62.1. The molecule has 12 heteroatoms. The van der Waals surface area contributed by atoms with Gasteiger partial charge in [0, 0.05) is 42.2 Å². The lowest BCUT2D eigenvalue weighted by Gasteiger charge is -2.34. The minimum Gasteiger partial charge on any atom is -0.444 e. The molecule has 0 spiro atoms. The Labute approximate surface area is 223 Å². The Balaban J connectivity index is 1.43. The molecule has 0 unspecified atom stereocenters. The third kappa shape index (κ3) is 6.59. The van der Waals surface area contributed by atoms with Crippen molar-refractivity contribution in [2.24, 2.45) is 5.92 Å². The number of likely N-dealkylation sites (tertiary alicyclic amines) is 1. The van der Waals surface area contributed by atoms with E-state index in [-0.39, 0.29) is 72.2 Å². The molecule has 7 nitrogen and oxygen atoms in total. The number of benzene rings is 1. The van der Waals surface area contributed by atoms with Gasteiger partial charge in [-0.2, -0.15) is 18.3 Å². The molecule has 0 atom stereocenters. The van der Waals surface area contributed by atoms with Crippen LogP contribution in [0.3, 0.4) is 0 Å². The van der Waals surface area contributed by atoms with Crippen molar-refractivity contribution in [1.82, 2.24) is 19.6 Å². The second-order valence-corrected chi connectivity index (χ2v) is 11.3. The highest BCUT2D eigenvalue weighted by atomic mass is 35.5. The number of nitrogens with zero attached hydrogens (tertiary/aromatic N) is 4. The molecule has 3 heterocycles. The van der Waals surface area contributed by atoms with Gasteiger partial charge in [-0.05, 0) is 58.1 Å². The second-order valence-electron chi connectivity index (χ2n) is 10.8. The van der Waals surface area contributed by atoms with Crippen molar-refractivity contribution >= 4 is 23.6 Å². The van der Waals surface area contributed by atoms with E-state index in [9.17, 15) is 27.2 Å². The van der Waals surface area contributed by atoms with Crippen LogP contribution in [0.15, 0.2) is 18.2 Å². The summed E-state index contributed by atoms with van der Waals surface area (Å²) >= 11 is 5.80. The molecule has 208 valence electrons. The molecule has 4 rings (SSSR count). The molecule has 0 aliphatic carbocycles. The van der Waals surface area contributed by atoms with Crippen molar-refractivity contribution in [3.63, 3.8) is 0 Å². The Morgan fingerprint density at radius 3 is 2.39 bits per heavy atom. The van der Waals surface area contributed by atoms with Crippen molar-refractivity contribution in [2.75, 3.05) is 19.6 Å². The van der Waals surface area contributed by atoms with E-state index in [1.165, 1.54) is 12.1 Å². The van der Waals surface area contributed by atoms with E-state index in [1.807, 2.05) is 0 Å². The fourth-order valence-electron chi connectivity index (χ4n) is 4.89. The van der Waals surface area contributed by atoms with E-state index in [0.29, 0.717) is 25.9 Å². The number of alkyl halides is 3. The molecule has 2 amide bonds. The first kappa shape index (κ1) is 28.2. The summed E-state index contributed by atoms with van der Waals surface area (Å²) in [5, 5.41) is 3.97. The van der Waals surface area contributed by atoms with Crippen LogP contribution < -0.4 is 0 Å². The van der Waals surface area contributed by atoms with Crippen LogP contribution in [0.4, 0.5) is 22.4 Å². The Morgan fingerprint density at radius 2 is 1.79 bits per heavy atom. The maximum Gasteiger partial charge on any atom is 0.435 e. The number of rotatable bonds is 4. The normalized spacial score (nSPS) is 16.9. The summed E-state index contributed by atoms with van der Waals surface area (Å²) in [4.78, 5) is 28.6. The van der Waals surface area contributed by atoms with Crippen LogP contribution in [0.2, 0.25) is 5.02 Å². The maximum absolute atomic E-state index is 14.4. The molecular formula is C26H31ClF4N4O3. The van der Waals surface area contributed by atoms with Crippen LogP contribution in [0.5, 0.6) is 0 Å². The summed E-state index contributed by atoms with van der Waals surface area (Å²) in [6, 6.07) is 3.97. The topological polar surface area (TPSA) is 67.7 Å². The summed E-state index contributed by atoms with van der Waals surface area (Å²) in [7, 11) is 0. The number of hydrogen-bond acceptors (Lipinski definition) is 4. The Morgan fingerprint density at radius 1 is 1.11 bits per heavy atom. The van der Waals surface area contributed by atoms with E-state index >= 15 is 0 Å². The highest BCUT2D eigenvalue weighted by Crippen LogP contribution is 2.36. The highest BCUT2D eigenvalue weighted by molar-refractivity contribution is 6.30. The molecule has 0 bridgehead atoms. The molecule has 2 aliphatic heterocycles. The van der Waals surface area contributed by atoms with Gasteiger partial charge < -0.3 is 14.5 Å². The summed E-state index contributed by atoms with van der Waals surface area (Å²) in [5.74, 6) is -0.747. The van der Waals surface area contributed by atoms with Gasteiger partial charge in [-0.1, -0.05) is 17.7 Å². The van der Waals surface area contributed by atoms with Crippen LogP contribution in [0.1, 0.15) is 62.5 Å². The van der Waals surface area contributed by atoms with E-state index < -0.39 is 23.3 Å². The molecule has 0 radical (unpaired) electrons. The van der Waals surface area contributed by atoms with Crippen molar-refractivity contribution in [3.05, 3.63) is 51.6 Å². The smallest absolute Gasteiger partial charge is 0.435 e. The lowest BCUT2D eigenvalue weighted by atomic mass is 9.92. The number of ether oxygens (including phenoxy) is 1. The number of carbonyl (C=O) groups is 2. The Bertz CT molecular complexity index is 1200. The molecule has 2 aliphatic rings. The number of piperidine rings is 1. The third-order valence-electron chi connectivity index (χ3n) is 6.82. The molecular weight excluding hydrogens is 528 g/mol. The van der Waals surface area contributed by atoms with E-state index in [0.717, 1.165) is 10.7 Å². The largest absolute Gasteiger partial charge is 0.444 e. The monoisotopic (exact) mass is 558 g/mol. The average molecular weight is 559 g/mol. The van der Waals surface area contributed by atoms with Gasteiger partial charge in [0.1, 0.15) is 11.4 Å². The van der Waals surface area contributed by atoms with Gasteiger partial charge in [0.15, 0.2) is 5.69 Å². The average Bonchev–Trinajstić information content (AvgIpc) is 3.18. The van der Waals surface area contributed by atoms with Crippen LogP contribution in [0, 0.1) is 11.7 Å². The lowest BCUT2D eigenvalue weighted by molar-refractivity contribution is -0.142. The maximum atomic E-state index is 14.4. The van der Waals surface area contributed by atoms with Gasteiger partial charge in [0.05, 0.1) is 18.8 Å². The Hall–Kier alpha value is -2.82. The minimum atomic E-state index is -4.66. The zero-order chi connectivity index (χ0) is 27.8. The molecule has 1 fully saturated rings. The standard InChI is InChI=1S/C26H31ClF4N4O3/c1-25(2,3)38-24(37)33-9-6-16(7-10-33)12-22(36)34-11-8-19-21(15-34)35(32-23(19)26(29,30)31)14-17-4-5-18(27)13-20(17)28/h4-5,13,16H,6-12,14-15H2,1-3H3. The van der Waals surface area contributed by atoms with Crippen molar-refractivity contribution in [1.29, 1.82) is 0 Å². The number of carbonyl (C=O) groups excluding carboxylic acids is 2. The predicted octanol–water partition coefficient (Wildman–Crippen LogP) is 5.66. The van der Waals surface area contributed by atoms with Gasteiger partial charge in [-0.15, -0.1) is 0 Å². The van der Waals surface area contributed by atoms with E-state index in [2.05, 4.69) is 5.10 Å². The number of halogens is 5. The molecule has 38 heavy (non-hydrogen) atoms. The van der Waals surface area contributed by atoms with Crippen LogP contribution >= 0.6 is 11.6 Å². The summed E-state index contributed by atoms with van der Waals surface area (Å²) in [5.41, 5.74) is -1.14. The first-order chi connectivity index (χ1) is 17.7. The Kier molecular flexibility index (Phi) is 7.97. The van der Waals surface area contributed by atoms with Crippen molar-refractivity contribution < 1.29 is 31.9 Å². The van der Waals surface area contributed by atoms with Gasteiger partial charge in [0.2, 0.25) is 5.91 Å². The van der Waals surface area contributed by atoms with Crippen molar-refractivity contribution in [3.8, 4) is 0 Å². The van der Waals surface area contributed by atoms with Gasteiger partial charge in [-0.25, -0.2) is 9.18 Å². The lowest BCUT2D eigenvalue weighted by Crippen LogP contribution is -2.43. The highest BCUT2D eigenvalue weighted by Gasteiger charge is 2.41. The minimum absolute atomic E-state index is 0.0100. The second kappa shape index (κ2) is 10.7.